The van der Waals surface area contributed by atoms with E-state index in [2.05, 4.69) is 15.2 Å². The van der Waals surface area contributed by atoms with E-state index in [0.717, 1.165) is 37.0 Å². The number of carbonyl (C=O) groups is 1. The highest BCUT2D eigenvalue weighted by atomic mass is 35.5. The number of non-ortho nitro benzene ring substituents is 1. The number of halogens is 1. The molecule has 150 valence electrons. The molecule has 4 rings (SSSR count). The first-order chi connectivity index (χ1) is 14.0. The van der Waals surface area contributed by atoms with Crippen molar-refractivity contribution in [3.8, 4) is 0 Å². The number of benzene rings is 2. The molecular formula is C20H19ClN4O4. The van der Waals surface area contributed by atoms with Gasteiger partial charge in [-0.05, 0) is 37.0 Å². The molecular weight excluding hydrogens is 396 g/mol. The van der Waals surface area contributed by atoms with Crippen molar-refractivity contribution in [2.45, 2.75) is 12.8 Å². The molecule has 0 radical (unpaired) electrons. The summed E-state index contributed by atoms with van der Waals surface area (Å²) in [6, 6.07) is 12.2. The van der Waals surface area contributed by atoms with E-state index < -0.39 is 4.92 Å². The highest BCUT2D eigenvalue weighted by Crippen LogP contribution is 2.26. The zero-order valence-electron chi connectivity index (χ0n) is 15.5. The molecule has 2 heterocycles. The maximum absolute atomic E-state index is 12.4. The van der Waals surface area contributed by atoms with E-state index in [4.69, 9.17) is 16.0 Å². The molecule has 1 aliphatic heterocycles. The molecule has 1 fully saturated rings. The summed E-state index contributed by atoms with van der Waals surface area (Å²) in [5, 5.41) is 13.7. The first-order valence-electron chi connectivity index (χ1n) is 9.34. The minimum atomic E-state index is -0.543. The molecule has 0 atom stereocenters. The summed E-state index contributed by atoms with van der Waals surface area (Å²) in [6.07, 6.45) is 1.79. The topological polar surface area (TPSA) is 102 Å². The van der Waals surface area contributed by atoms with Crippen molar-refractivity contribution >= 4 is 40.3 Å². The molecule has 0 spiro atoms. The highest BCUT2D eigenvalue weighted by molar-refractivity contribution is 6.34. The predicted molar refractivity (Wildman–Crippen MR) is 109 cm³/mol. The third-order valence-corrected chi connectivity index (χ3v) is 5.44. The number of carbonyl (C=O) groups excluding carboxylic acids is 1. The Morgan fingerprint density at radius 2 is 2.03 bits per heavy atom. The molecule has 3 aromatic rings. The van der Waals surface area contributed by atoms with Crippen molar-refractivity contribution in [2.24, 2.45) is 5.92 Å². The van der Waals surface area contributed by atoms with Crippen LogP contribution in [0.1, 0.15) is 23.2 Å². The van der Waals surface area contributed by atoms with Gasteiger partial charge < -0.3 is 14.6 Å². The zero-order chi connectivity index (χ0) is 20.4. The van der Waals surface area contributed by atoms with Gasteiger partial charge in [0.15, 0.2) is 5.58 Å². The van der Waals surface area contributed by atoms with Gasteiger partial charge in [0.1, 0.15) is 5.52 Å². The van der Waals surface area contributed by atoms with Gasteiger partial charge in [0.2, 0.25) is 0 Å². The highest BCUT2D eigenvalue weighted by Gasteiger charge is 2.23. The van der Waals surface area contributed by atoms with Gasteiger partial charge in [0.25, 0.3) is 17.6 Å². The van der Waals surface area contributed by atoms with Crippen molar-refractivity contribution in [3.05, 3.63) is 63.2 Å². The number of aromatic nitrogens is 1. The first kappa shape index (κ1) is 19.2. The SMILES string of the molecule is O=C(NCC1CCN(c2nc3ccccc3o2)CC1)c1ccc([N+](=O)[O-])cc1Cl. The molecule has 29 heavy (non-hydrogen) atoms. The molecule has 8 nitrogen and oxygen atoms in total. The largest absolute Gasteiger partial charge is 0.423 e. The molecule has 0 unspecified atom stereocenters. The van der Waals surface area contributed by atoms with Gasteiger partial charge in [-0.3, -0.25) is 14.9 Å². The number of anilines is 1. The number of oxazole rings is 1. The summed E-state index contributed by atoms with van der Waals surface area (Å²) in [5.41, 5.74) is 1.72. The predicted octanol–water partition coefficient (Wildman–Crippen LogP) is 4.04. The molecule has 0 bridgehead atoms. The standard InChI is InChI=1S/C20H19ClN4O4/c21-16-11-14(25(27)28)5-6-15(16)19(26)22-12-13-7-9-24(10-8-13)20-23-17-3-1-2-4-18(17)29-20/h1-6,11,13H,7-10,12H2,(H,22,26). The van der Waals surface area contributed by atoms with E-state index in [9.17, 15) is 14.9 Å². The molecule has 1 aromatic heterocycles. The molecule has 2 aromatic carbocycles. The van der Waals surface area contributed by atoms with Crippen molar-refractivity contribution in [3.63, 3.8) is 0 Å². The van der Waals surface area contributed by atoms with Gasteiger partial charge in [-0.1, -0.05) is 23.7 Å². The van der Waals surface area contributed by atoms with Crippen molar-refractivity contribution in [2.75, 3.05) is 24.5 Å². The van der Waals surface area contributed by atoms with E-state index >= 15 is 0 Å². The lowest BCUT2D eigenvalue weighted by Gasteiger charge is -2.30. The van der Waals surface area contributed by atoms with Crippen LogP contribution in [0.4, 0.5) is 11.7 Å². The fourth-order valence-corrected chi connectivity index (χ4v) is 3.72. The number of fused-ring (bicyclic) bond motifs is 1. The second-order valence-electron chi connectivity index (χ2n) is 7.03. The number of hydrogen-bond donors (Lipinski definition) is 1. The van der Waals surface area contributed by atoms with E-state index in [-0.39, 0.29) is 22.2 Å². The zero-order valence-corrected chi connectivity index (χ0v) is 16.3. The summed E-state index contributed by atoms with van der Waals surface area (Å²) in [6.45, 7) is 2.12. The molecule has 0 aliphatic carbocycles. The van der Waals surface area contributed by atoms with E-state index in [0.29, 0.717) is 18.5 Å². The van der Waals surface area contributed by atoms with Gasteiger partial charge >= 0.3 is 0 Å². The monoisotopic (exact) mass is 414 g/mol. The molecule has 1 amide bonds. The number of para-hydroxylation sites is 2. The van der Waals surface area contributed by atoms with Crippen LogP contribution in [0.5, 0.6) is 0 Å². The lowest BCUT2D eigenvalue weighted by atomic mass is 9.97. The Kier molecular flexibility index (Phi) is 5.35. The van der Waals surface area contributed by atoms with E-state index in [1.165, 1.54) is 18.2 Å². The van der Waals surface area contributed by atoms with Crippen LogP contribution < -0.4 is 10.2 Å². The van der Waals surface area contributed by atoms with Crippen molar-refractivity contribution < 1.29 is 14.1 Å². The summed E-state index contributed by atoms with van der Waals surface area (Å²) < 4.78 is 5.82. The van der Waals surface area contributed by atoms with Crippen LogP contribution in [0.2, 0.25) is 5.02 Å². The molecule has 1 N–H and O–H groups in total. The van der Waals surface area contributed by atoms with Gasteiger partial charge in [0, 0.05) is 31.8 Å². The Labute approximate surface area is 171 Å². The number of nitro benzene ring substituents is 1. The fourth-order valence-electron chi connectivity index (χ4n) is 3.46. The lowest BCUT2D eigenvalue weighted by Crippen LogP contribution is -2.38. The average molecular weight is 415 g/mol. The smallest absolute Gasteiger partial charge is 0.298 e. The average Bonchev–Trinajstić information content (AvgIpc) is 3.16. The van der Waals surface area contributed by atoms with E-state index in [1.807, 2.05) is 24.3 Å². The number of hydrogen-bond acceptors (Lipinski definition) is 6. The van der Waals surface area contributed by atoms with E-state index in [1.54, 1.807) is 0 Å². The number of nitrogens with one attached hydrogen (secondary N) is 1. The third-order valence-electron chi connectivity index (χ3n) is 5.13. The van der Waals surface area contributed by atoms with Crippen LogP contribution in [-0.4, -0.2) is 35.4 Å². The maximum Gasteiger partial charge on any atom is 0.298 e. The summed E-state index contributed by atoms with van der Waals surface area (Å²) in [7, 11) is 0. The Morgan fingerprint density at radius 3 is 2.72 bits per heavy atom. The molecule has 1 aliphatic rings. The van der Waals surface area contributed by atoms with Crippen LogP contribution >= 0.6 is 11.6 Å². The lowest BCUT2D eigenvalue weighted by molar-refractivity contribution is -0.384. The minimum Gasteiger partial charge on any atom is -0.423 e. The maximum atomic E-state index is 12.4. The second-order valence-corrected chi connectivity index (χ2v) is 7.43. The quantitative estimate of drug-likeness (QED) is 0.499. The number of amides is 1. The van der Waals surface area contributed by atoms with Crippen LogP contribution in [0, 0.1) is 16.0 Å². The first-order valence-corrected chi connectivity index (χ1v) is 9.72. The normalized spacial score (nSPS) is 14.9. The van der Waals surface area contributed by atoms with Gasteiger partial charge in [-0.2, -0.15) is 4.98 Å². The summed E-state index contributed by atoms with van der Waals surface area (Å²) >= 11 is 6.02. The third kappa shape index (κ3) is 4.17. The fraction of sp³-hybridized carbons (Fsp3) is 0.300. The molecule has 0 saturated carbocycles. The molecule has 1 saturated heterocycles. The van der Waals surface area contributed by atoms with Gasteiger partial charge in [0.05, 0.1) is 15.5 Å². The van der Waals surface area contributed by atoms with Crippen LogP contribution in [0.15, 0.2) is 46.9 Å². The summed E-state index contributed by atoms with van der Waals surface area (Å²) in [4.78, 5) is 29.3. The summed E-state index contributed by atoms with van der Waals surface area (Å²) in [5.74, 6) is 0.00248. The van der Waals surface area contributed by atoms with Crippen LogP contribution in [-0.2, 0) is 0 Å². The number of nitro groups is 1. The van der Waals surface area contributed by atoms with Crippen molar-refractivity contribution in [1.82, 2.24) is 10.3 Å². The number of rotatable bonds is 5. The van der Waals surface area contributed by atoms with Gasteiger partial charge in [-0.15, -0.1) is 0 Å². The second kappa shape index (κ2) is 8.08. The Bertz CT molecular complexity index is 1030. The van der Waals surface area contributed by atoms with Crippen molar-refractivity contribution in [1.29, 1.82) is 0 Å². The Morgan fingerprint density at radius 1 is 1.28 bits per heavy atom. The Hall–Kier alpha value is -3.13. The molecule has 9 heteroatoms. The minimum absolute atomic E-state index is 0.0717. The van der Waals surface area contributed by atoms with Gasteiger partial charge in [-0.25, -0.2) is 0 Å². The van der Waals surface area contributed by atoms with Crippen LogP contribution in [0.25, 0.3) is 11.1 Å². The Balaban J connectivity index is 1.30. The number of nitrogens with zero attached hydrogens (tertiary/aromatic N) is 3. The number of piperidine rings is 1. The van der Waals surface area contributed by atoms with Crippen LogP contribution in [0.3, 0.4) is 0 Å².